The van der Waals surface area contributed by atoms with Crippen LogP contribution in [0.5, 0.6) is 0 Å². The minimum atomic E-state index is -0.139. The molecule has 0 aromatic heterocycles. The molecule has 0 saturated carbocycles. The van der Waals surface area contributed by atoms with E-state index < -0.39 is 0 Å². The van der Waals surface area contributed by atoms with Gasteiger partial charge in [0.1, 0.15) is 0 Å². The van der Waals surface area contributed by atoms with Crippen LogP contribution >= 0.6 is 15.9 Å². The summed E-state index contributed by atoms with van der Waals surface area (Å²) in [6.07, 6.45) is 0.486. The molecule has 0 bridgehead atoms. The molecule has 0 atom stereocenters. The first-order chi connectivity index (χ1) is 11.9. The predicted molar refractivity (Wildman–Crippen MR) is 106 cm³/mol. The van der Waals surface area contributed by atoms with E-state index >= 15 is 0 Å². The van der Waals surface area contributed by atoms with Crippen LogP contribution in [0.4, 0.5) is 17.1 Å². The number of nitrogens with one attached hydrogen (secondary N) is 3. The maximum Gasteiger partial charge on any atom is 0.243 e. The van der Waals surface area contributed by atoms with E-state index in [1.807, 2.05) is 38.1 Å². The van der Waals surface area contributed by atoms with Gasteiger partial charge in [-0.1, -0.05) is 29.8 Å². The number of hydrogen-bond acceptors (Lipinski definition) is 3. The van der Waals surface area contributed by atoms with Gasteiger partial charge in [0.2, 0.25) is 11.8 Å². The van der Waals surface area contributed by atoms with Crippen molar-refractivity contribution in [3.05, 3.63) is 53.0 Å². The minimum Gasteiger partial charge on any atom is -0.376 e. The van der Waals surface area contributed by atoms with Crippen molar-refractivity contribution < 1.29 is 9.59 Å². The maximum absolute atomic E-state index is 12.0. The quantitative estimate of drug-likeness (QED) is 0.637. The number of anilines is 3. The Bertz CT molecular complexity index is 712. The Kier molecular flexibility index (Phi) is 7.01. The Labute approximate surface area is 156 Å². The molecule has 0 aliphatic carbocycles. The van der Waals surface area contributed by atoms with Crippen molar-refractivity contribution in [3.63, 3.8) is 0 Å². The third kappa shape index (κ3) is 6.97. The SMILES string of the molecule is CC(C)CC(=O)Nc1ccc(NC(=O)CNc2ccc(Br)cc2)cc1. The topological polar surface area (TPSA) is 70.2 Å². The number of halogens is 1. The molecule has 3 N–H and O–H groups in total. The smallest absolute Gasteiger partial charge is 0.243 e. The summed E-state index contributed by atoms with van der Waals surface area (Å²) in [5.74, 6) is 0.168. The van der Waals surface area contributed by atoms with E-state index in [1.54, 1.807) is 24.3 Å². The highest BCUT2D eigenvalue weighted by molar-refractivity contribution is 9.10. The molecular formula is C19H22BrN3O2. The fourth-order valence-electron chi connectivity index (χ4n) is 2.17. The lowest BCUT2D eigenvalue weighted by Crippen LogP contribution is -2.21. The second-order valence-electron chi connectivity index (χ2n) is 6.13. The highest BCUT2D eigenvalue weighted by atomic mass is 79.9. The van der Waals surface area contributed by atoms with E-state index in [0.717, 1.165) is 15.8 Å². The Morgan fingerprint density at radius 1 is 0.840 bits per heavy atom. The van der Waals surface area contributed by atoms with Crippen molar-refractivity contribution in [2.24, 2.45) is 5.92 Å². The Morgan fingerprint density at radius 2 is 1.32 bits per heavy atom. The van der Waals surface area contributed by atoms with Crippen molar-refractivity contribution in [3.8, 4) is 0 Å². The van der Waals surface area contributed by atoms with Crippen LogP contribution in [-0.2, 0) is 9.59 Å². The summed E-state index contributed by atoms with van der Waals surface area (Å²) in [4.78, 5) is 23.7. The molecule has 2 rings (SSSR count). The lowest BCUT2D eigenvalue weighted by molar-refractivity contribution is -0.117. The van der Waals surface area contributed by atoms with Gasteiger partial charge in [-0.2, -0.15) is 0 Å². The summed E-state index contributed by atoms with van der Waals surface area (Å²) >= 11 is 3.37. The van der Waals surface area contributed by atoms with Gasteiger partial charge in [0, 0.05) is 28.0 Å². The van der Waals surface area contributed by atoms with Gasteiger partial charge in [0.25, 0.3) is 0 Å². The maximum atomic E-state index is 12.0. The summed E-state index contributed by atoms with van der Waals surface area (Å²) in [5, 5.41) is 8.71. The molecule has 2 aromatic rings. The van der Waals surface area contributed by atoms with Crippen LogP contribution in [0, 0.1) is 5.92 Å². The number of carbonyl (C=O) groups excluding carboxylic acids is 2. The molecule has 0 heterocycles. The van der Waals surface area contributed by atoms with Gasteiger partial charge in [0.15, 0.2) is 0 Å². The van der Waals surface area contributed by atoms with Crippen LogP contribution in [0.2, 0.25) is 0 Å². The zero-order chi connectivity index (χ0) is 18.2. The molecule has 6 heteroatoms. The molecule has 0 unspecified atom stereocenters. The van der Waals surface area contributed by atoms with E-state index in [4.69, 9.17) is 0 Å². The van der Waals surface area contributed by atoms with E-state index in [-0.39, 0.29) is 18.4 Å². The molecule has 0 radical (unpaired) electrons. The van der Waals surface area contributed by atoms with Crippen molar-refractivity contribution in [2.45, 2.75) is 20.3 Å². The number of hydrogen-bond donors (Lipinski definition) is 3. The molecule has 132 valence electrons. The van der Waals surface area contributed by atoms with Gasteiger partial charge in [0.05, 0.1) is 6.54 Å². The Balaban J connectivity index is 1.80. The minimum absolute atomic E-state index is 0.00881. The first-order valence-electron chi connectivity index (χ1n) is 8.11. The number of rotatable bonds is 7. The van der Waals surface area contributed by atoms with Gasteiger partial charge < -0.3 is 16.0 Å². The van der Waals surface area contributed by atoms with Crippen LogP contribution < -0.4 is 16.0 Å². The molecule has 2 aromatic carbocycles. The van der Waals surface area contributed by atoms with Crippen molar-refractivity contribution >= 4 is 44.8 Å². The summed E-state index contributed by atoms with van der Waals surface area (Å²) in [6.45, 7) is 4.18. The Hall–Kier alpha value is -2.34. The zero-order valence-corrected chi connectivity index (χ0v) is 15.9. The van der Waals surface area contributed by atoms with Crippen LogP contribution in [-0.4, -0.2) is 18.4 Å². The standard InChI is InChI=1S/C19H22BrN3O2/c1-13(2)11-18(24)22-16-7-9-17(10-8-16)23-19(25)12-21-15-5-3-14(20)4-6-15/h3-10,13,21H,11-12H2,1-2H3,(H,22,24)(H,23,25). The van der Waals surface area contributed by atoms with Gasteiger partial charge in [-0.25, -0.2) is 0 Å². The van der Waals surface area contributed by atoms with Crippen molar-refractivity contribution in [2.75, 3.05) is 22.5 Å². The van der Waals surface area contributed by atoms with Crippen LogP contribution in [0.25, 0.3) is 0 Å². The third-order valence-electron chi connectivity index (χ3n) is 3.34. The normalized spacial score (nSPS) is 10.4. The first kappa shape index (κ1) is 19.0. The lowest BCUT2D eigenvalue weighted by atomic mass is 10.1. The van der Waals surface area contributed by atoms with Crippen LogP contribution in [0.15, 0.2) is 53.0 Å². The summed E-state index contributed by atoms with van der Waals surface area (Å²) in [7, 11) is 0. The van der Waals surface area contributed by atoms with Gasteiger partial charge in [-0.3, -0.25) is 9.59 Å². The predicted octanol–water partition coefficient (Wildman–Crippen LogP) is 4.48. The first-order valence-corrected chi connectivity index (χ1v) is 8.91. The molecule has 2 amide bonds. The van der Waals surface area contributed by atoms with Crippen molar-refractivity contribution in [1.29, 1.82) is 0 Å². The van der Waals surface area contributed by atoms with E-state index in [1.165, 1.54) is 0 Å². The fourth-order valence-corrected chi connectivity index (χ4v) is 2.44. The summed E-state index contributed by atoms with van der Waals surface area (Å²) in [5.41, 5.74) is 2.28. The molecule has 0 aliphatic heterocycles. The molecule has 5 nitrogen and oxygen atoms in total. The largest absolute Gasteiger partial charge is 0.376 e. The third-order valence-corrected chi connectivity index (χ3v) is 3.87. The average molecular weight is 404 g/mol. The zero-order valence-electron chi connectivity index (χ0n) is 14.3. The Morgan fingerprint density at radius 3 is 1.84 bits per heavy atom. The monoisotopic (exact) mass is 403 g/mol. The number of amides is 2. The highest BCUT2D eigenvalue weighted by Gasteiger charge is 2.06. The van der Waals surface area contributed by atoms with Crippen LogP contribution in [0.3, 0.4) is 0 Å². The molecule has 0 aliphatic rings. The molecule has 0 spiro atoms. The number of carbonyl (C=O) groups is 2. The summed E-state index contributed by atoms with van der Waals surface area (Å²) < 4.78 is 0.989. The van der Waals surface area contributed by atoms with E-state index in [2.05, 4.69) is 31.9 Å². The molecular weight excluding hydrogens is 382 g/mol. The highest BCUT2D eigenvalue weighted by Crippen LogP contribution is 2.16. The van der Waals surface area contributed by atoms with E-state index in [9.17, 15) is 9.59 Å². The second-order valence-corrected chi connectivity index (χ2v) is 7.05. The molecule has 25 heavy (non-hydrogen) atoms. The van der Waals surface area contributed by atoms with Gasteiger partial charge in [-0.15, -0.1) is 0 Å². The van der Waals surface area contributed by atoms with Crippen molar-refractivity contribution in [1.82, 2.24) is 0 Å². The van der Waals surface area contributed by atoms with Gasteiger partial charge >= 0.3 is 0 Å². The second kappa shape index (κ2) is 9.22. The number of benzene rings is 2. The lowest BCUT2D eigenvalue weighted by Gasteiger charge is -2.10. The molecule has 0 saturated heterocycles. The average Bonchev–Trinajstić information content (AvgIpc) is 2.55. The fraction of sp³-hybridized carbons (Fsp3) is 0.263. The summed E-state index contributed by atoms with van der Waals surface area (Å²) in [6, 6.07) is 14.7. The van der Waals surface area contributed by atoms with E-state index in [0.29, 0.717) is 18.0 Å². The van der Waals surface area contributed by atoms with Crippen LogP contribution in [0.1, 0.15) is 20.3 Å². The van der Waals surface area contributed by atoms with Gasteiger partial charge in [-0.05, 0) is 54.4 Å². The molecule has 0 fully saturated rings.